The number of carbonyl (C=O) groups is 2. The molecule has 1 aliphatic carbocycles. The lowest BCUT2D eigenvalue weighted by molar-refractivity contribution is -0.132. The highest BCUT2D eigenvalue weighted by atomic mass is 32.2. The molecule has 5 rings (SSSR count). The number of piperidine rings is 1. The normalized spacial score (nSPS) is 22.9. The van der Waals surface area contributed by atoms with Crippen LogP contribution in [0, 0.1) is 6.92 Å². The van der Waals surface area contributed by atoms with Crippen molar-refractivity contribution in [3.05, 3.63) is 64.7 Å². The van der Waals surface area contributed by atoms with Gasteiger partial charge in [0, 0.05) is 19.6 Å². The van der Waals surface area contributed by atoms with Crippen LogP contribution in [-0.4, -0.2) is 61.7 Å². The number of sulfonamides is 1. The Morgan fingerprint density at radius 3 is 2.66 bits per heavy atom. The number of aryl methyl sites for hydroxylation is 2. The number of piperazine rings is 1. The molecule has 1 unspecified atom stereocenters. The molecule has 0 spiro atoms. The molecule has 2 fully saturated rings. The van der Waals surface area contributed by atoms with Crippen molar-refractivity contribution in [3.63, 3.8) is 0 Å². The summed E-state index contributed by atoms with van der Waals surface area (Å²) in [5.74, 6) is -0.749. The number of carbonyl (C=O) groups excluding carboxylic acids is 2. The first-order chi connectivity index (χ1) is 18.3. The van der Waals surface area contributed by atoms with Gasteiger partial charge >= 0.3 is 0 Å². The molecule has 38 heavy (non-hydrogen) atoms. The van der Waals surface area contributed by atoms with Gasteiger partial charge in [0.2, 0.25) is 21.8 Å². The average Bonchev–Trinajstić information content (AvgIpc) is 2.90. The van der Waals surface area contributed by atoms with E-state index in [9.17, 15) is 18.0 Å². The third-order valence-electron chi connectivity index (χ3n) is 7.97. The first kappa shape index (κ1) is 26.8. The standard InChI is InChI=1S/C29H38N4O4S/c1-21-7-5-9-24(17-21)38(36,37)33-16-13-30-29(35)27(33)19-28(34)31-26-10-6-8-23-18-22(11-12-25(23)26)20-32-14-3-2-4-15-32/h5,7,9,11-12,17-18,26-27H,2-4,6,8,10,13-16,19-20H2,1H3,(H,30,35)(H,31,34)/t26-,27?/m1/s1. The molecule has 0 radical (unpaired) electrons. The van der Waals surface area contributed by atoms with Crippen LogP contribution in [0.4, 0.5) is 0 Å². The number of hydrogen-bond donors (Lipinski definition) is 2. The Bertz CT molecular complexity index is 1290. The van der Waals surface area contributed by atoms with E-state index in [1.54, 1.807) is 12.1 Å². The van der Waals surface area contributed by atoms with Crippen molar-refractivity contribution in [2.75, 3.05) is 26.2 Å². The average molecular weight is 539 g/mol. The van der Waals surface area contributed by atoms with Gasteiger partial charge in [-0.25, -0.2) is 8.42 Å². The van der Waals surface area contributed by atoms with Gasteiger partial charge in [-0.05, 0) is 86.5 Å². The number of likely N-dealkylation sites (tertiary alicyclic amines) is 1. The fourth-order valence-corrected chi connectivity index (χ4v) is 7.70. The van der Waals surface area contributed by atoms with Gasteiger partial charge in [0.15, 0.2) is 0 Å². The first-order valence-corrected chi connectivity index (χ1v) is 15.2. The fraction of sp³-hybridized carbons (Fsp3) is 0.517. The van der Waals surface area contributed by atoms with E-state index in [1.807, 2.05) is 13.0 Å². The van der Waals surface area contributed by atoms with Crippen LogP contribution in [0.3, 0.4) is 0 Å². The molecular formula is C29H38N4O4S. The van der Waals surface area contributed by atoms with Gasteiger partial charge < -0.3 is 10.6 Å². The van der Waals surface area contributed by atoms with Crippen LogP contribution < -0.4 is 10.6 Å². The van der Waals surface area contributed by atoms with E-state index < -0.39 is 22.0 Å². The molecule has 2 heterocycles. The number of nitrogens with zero attached hydrogens (tertiary/aromatic N) is 2. The predicted octanol–water partition coefficient (Wildman–Crippen LogP) is 3.05. The Morgan fingerprint density at radius 2 is 1.87 bits per heavy atom. The van der Waals surface area contributed by atoms with Crippen molar-refractivity contribution < 1.29 is 18.0 Å². The summed E-state index contributed by atoms with van der Waals surface area (Å²) in [4.78, 5) is 28.6. The molecule has 2 saturated heterocycles. The van der Waals surface area contributed by atoms with Crippen molar-refractivity contribution in [1.82, 2.24) is 19.8 Å². The fourth-order valence-electron chi connectivity index (χ4n) is 6.01. The molecule has 9 heteroatoms. The van der Waals surface area contributed by atoms with Gasteiger partial charge in [-0.15, -0.1) is 0 Å². The molecule has 3 aliphatic rings. The van der Waals surface area contributed by atoms with Gasteiger partial charge in [0.1, 0.15) is 6.04 Å². The summed E-state index contributed by atoms with van der Waals surface area (Å²) in [6.07, 6.45) is 6.43. The molecule has 204 valence electrons. The van der Waals surface area contributed by atoms with E-state index in [2.05, 4.69) is 33.7 Å². The van der Waals surface area contributed by atoms with Crippen LogP contribution in [0.1, 0.15) is 66.8 Å². The molecule has 2 N–H and O–H groups in total. The first-order valence-electron chi connectivity index (χ1n) is 13.8. The van der Waals surface area contributed by atoms with Gasteiger partial charge in [-0.3, -0.25) is 14.5 Å². The second kappa shape index (κ2) is 11.6. The minimum Gasteiger partial charge on any atom is -0.353 e. The maximum atomic E-state index is 13.4. The van der Waals surface area contributed by atoms with Gasteiger partial charge in [0.05, 0.1) is 17.4 Å². The van der Waals surface area contributed by atoms with Crippen LogP contribution in [0.5, 0.6) is 0 Å². The minimum absolute atomic E-state index is 0.131. The summed E-state index contributed by atoms with van der Waals surface area (Å²) < 4.78 is 28.0. The quantitative estimate of drug-likeness (QED) is 0.565. The highest BCUT2D eigenvalue weighted by Crippen LogP contribution is 2.31. The van der Waals surface area contributed by atoms with E-state index in [4.69, 9.17) is 0 Å². The monoisotopic (exact) mass is 538 g/mol. The van der Waals surface area contributed by atoms with E-state index in [0.29, 0.717) is 0 Å². The Balaban J connectivity index is 1.28. The molecule has 2 aromatic carbocycles. The van der Waals surface area contributed by atoms with Crippen molar-refractivity contribution >= 4 is 21.8 Å². The zero-order valence-electron chi connectivity index (χ0n) is 22.1. The summed E-state index contributed by atoms with van der Waals surface area (Å²) in [5, 5.41) is 5.85. The molecular weight excluding hydrogens is 500 g/mol. The maximum Gasteiger partial charge on any atom is 0.243 e. The van der Waals surface area contributed by atoms with Crippen LogP contribution >= 0.6 is 0 Å². The van der Waals surface area contributed by atoms with Crippen molar-refractivity contribution in [1.29, 1.82) is 0 Å². The second-order valence-electron chi connectivity index (χ2n) is 10.8. The lowest BCUT2D eigenvalue weighted by Crippen LogP contribution is -2.58. The van der Waals surface area contributed by atoms with Crippen molar-refractivity contribution in [2.45, 2.75) is 75.4 Å². The van der Waals surface area contributed by atoms with Gasteiger partial charge in [0.25, 0.3) is 0 Å². The largest absolute Gasteiger partial charge is 0.353 e. The molecule has 2 atom stereocenters. The third-order valence-corrected chi connectivity index (χ3v) is 9.87. The minimum atomic E-state index is -3.92. The summed E-state index contributed by atoms with van der Waals surface area (Å²) in [6, 6.07) is 12.0. The highest BCUT2D eigenvalue weighted by molar-refractivity contribution is 7.89. The molecule has 2 aromatic rings. The van der Waals surface area contributed by atoms with Gasteiger partial charge in [-0.2, -0.15) is 4.31 Å². The number of fused-ring (bicyclic) bond motifs is 1. The van der Waals surface area contributed by atoms with E-state index in [0.717, 1.165) is 50.0 Å². The molecule has 0 bridgehead atoms. The van der Waals surface area contributed by atoms with Crippen LogP contribution in [0.25, 0.3) is 0 Å². The summed E-state index contributed by atoms with van der Waals surface area (Å²) in [6.45, 7) is 5.45. The highest BCUT2D eigenvalue weighted by Gasteiger charge is 2.40. The lowest BCUT2D eigenvalue weighted by atomic mass is 9.86. The zero-order chi connectivity index (χ0) is 26.7. The Hall–Kier alpha value is -2.75. The molecule has 0 aromatic heterocycles. The number of benzene rings is 2. The number of rotatable bonds is 7. The topological polar surface area (TPSA) is 98.8 Å². The Morgan fingerprint density at radius 1 is 1.05 bits per heavy atom. The van der Waals surface area contributed by atoms with Crippen LogP contribution in [0.2, 0.25) is 0 Å². The molecule has 8 nitrogen and oxygen atoms in total. The molecule has 2 amide bonds. The SMILES string of the molecule is Cc1cccc(S(=O)(=O)N2CCNC(=O)C2CC(=O)N[C@@H]2CCCc3cc(CN4CCCCC4)ccc32)c1. The lowest BCUT2D eigenvalue weighted by Gasteiger charge is -2.34. The second-order valence-corrected chi connectivity index (χ2v) is 12.7. The van der Waals surface area contributed by atoms with Crippen molar-refractivity contribution in [3.8, 4) is 0 Å². The number of hydrogen-bond acceptors (Lipinski definition) is 5. The van der Waals surface area contributed by atoms with Gasteiger partial charge in [-0.1, -0.05) is 36.8 Å². The predicted molar refractivity (Wildman–Crippen MR) is 146 cm³/mol. The third kappa shape index (κ3) is 5.95. The molecule has 2 aliphatic heterocycles. The molecule has 0 saturated carbocycles. The van der Waals surface area contributed by atoms with E-state index in [1.165, 1.54) is 40.8 Å². The van der Waals surface area contributed by atoms with Crippen LogP contribution in [-0.2, 0) is 32.6 Å². The Labute approximate surface area is 225 Å². The summed E-state index contributed by atoms with van der Waals surface area (Å²) in [7, 11) is -3.92. The maximum absolute atomic E-state index is 13.4. The van der Waals surface area contributed by atoms with Crippen molar-refractivity contribution in [2.24, 2.45) is 0 Å². The zero-order valence-corrected chi connectivity index (χ0v) is 22.9. The smallest absolute Gasteiger partial charge is 0.243 e. The summed E-state index contributed by atoms with van der Waals surface area (Å²) in [5.41, 5.74) is 4.53. The summed E-state index contributed by atoms with van der Waals surface area (Å²) >= 11 is 0. The Kier molecular flexibility index (Phi) is 8.16. The van der Waals surface area contributed by atoms with E-state index >= 15 is 0 Å². The van der Waals surface area contributed by atoms with Crippen LogP contribution in [0.15, 0.2) is 47.4 Å². The number of nitrogens with one attached hydrogen (secondary N) is 2. The van der Waals surface area contributed by atoms with E-state index in [-0.39, 0.29) is 36.4 Å². The number of amides is 2.